The second-order valence-electron chi connectivity index (χ2n) is 4.22. The molecule has 98 valence electrons. The van der Waals surface area contributed by atoms with Crippen molar-refractivity contribution in [3.8, 4) is 0 Å². The molecule has 0 radical (unpaired) electrons. The molecule has 1 aromatic rings. The van der Waals surface area contributed by atoms with E-state index in [1.54, 1.807) is 26.3 Å². The average Bonchev–Trinajstić information content (AvgIpc) is 2.88. The van der Waals surface area contributed by atoms with Crippen molar-refractivity contribution in [2.45, 2.75) is 19.4 Å². The Hall–Kier alpha value is -1.62. The normalized spacial score (nSPS) is 19.0. The molecule has 1 atom stereocenters. The number of hydrogen-bond acceptors (Lipinski definition) is 5. The Morgan fingerprint density at radius 2 is 2.39 bits per heavy atom. The summed E-state index contributed by atoms with van der Waals surface area (Å²) in [5.41, 5.74) is 0.489. The van der Waals surface area contributed by atoms with Crippen LogP contribution in [0, 0.1) is 0 Å². The Kier molecular flexibility index (Phi) is 4.15. The smallest absolute Gasteiger partial charge is 0.339 e. The van der Waals surface area contributed by atoms with Crippen LogP contribution >= 0.6 is 0 Å². The van der Waals surface area contributed by atoms with Gasteiger partial charge in [-0.1, -0.05) is 0 Å². The Bertz CT molecular complexity index is 405. The largest absolute Gasteiger partial charge is 0.462 e. The first-order valence-electron chi connectivity index (χ1n) is 6.15. The minimum atomic E-state index is -0.326. The maximum Gasteiger partial charge on any atom is 0.339 e. The Labute approximate surface area is 107 Å². The molecule has 0 bridgehead atoms. The summed E-state index contributed by atoms with van der Waals surface area (Å²) in [4.78, 5) is 17.9. The van der Waals surface area contributed by atoms with E-state index in [-0.39, 0.29) is 12.1 Å². The monoisotopic (exact) mass is 250 g/mol. The number of ether oxygens (including phenoxy) is 2. The maximum atomic E-state index is 11.5. The second-order valence-corrected chi connectivity index (χ2v) is 4.22. The zero-order valence-electron chi connectivity index (χ0n) is 10.8. The number of hydrogen-bond donors (Lipinski definition) is 0. The SMILES string of the molecule is CCOC(=O)c1ccc(N2CCC(OC)C2)nc1. The molecular formula is C13H18N2O3. The van der Waals surface area contributed by atoms with E-state index in [4.69, 9.17) is 9.47 Å². The van der Waals surface area contributed by atoms with Gasteiger partial charge < -0.3 is 14.4 Å². The Morgan fingerprint density at radius 1 is 1.56 bits per heavy atom. The highest BCUT2D eigenvalue weighted by Crippen LogP contribution is 2.19. The first-order chi connectivity index (χ1) is 8.74. The molecule has 0 spiro atoms. The van der Waals surface area contributed by atoms with Crippen molar-refractivity contribution in [1.29, 1.82) is 0 Å². The van der Waals surface area contributed by atoms with Crippen molar-refractivity contribution in [1.82, 2.24) is 4.98 Å². The van der Waals surface area contributed by atoms with Gasteiger partial charge in [-0.25, -0.2) is 9.78 Å². The molecule has 1 unspecified atom stereocenters. The summed E-state index contributed by atoms with van der Waals surface area (Å²) in [6.07, 6.45) is 2.85. The molecule has 0 aromatic carbocycles. The number of rotatable bonds is 4. The van der Waals surface area contributed by atoms with E-state index in [1.165, 1.54) is 0 Å². The van der Waals surface area contributed by atoms with Crippen LogP contribution in [-0.2, 0) is 9.47 Å². The summed E-state index contributed by atoms with van der Waals surface area (Å²) in [6, 6.07) is 3.60. The van der Waals surface area contributed by atoms with Gasteiger partial charge in [0, 0.05) is 26.4 Å². The number of carbonyl (C=O) groups is 1. The molecule has 2 rings (SSSR count). The predicted molar refractivity (Wildman–Crippen MR) is 67.8 cm³/mol. The van der Waals surface area contributed by atoms with E-state index >= 15 is 0 Å². The molecular weight excluding hydrogens is 232 g/mol. The highest BCUT2D eigenvalue weighted by molar-refractivity contribution is 5.89. The number of anilines is 1. The van der Waals surface area contributed by atoms with Crippen LogP contribution < -0.4 is 4.90 Å². The highest BCUT2D eigenvalue weighted by Gasteiger charge is 2.23. The van der Waals surface area contributed by atoms with Gasteiger partial charge in [-0.05, 0) is 25.5 Å². The molecule has 0 saturated carbocycles. The summed E-state index contributed by atoms with van der Waals surface area (Å²) < 4.78 is 10.2. The predicted octanol–water partition coefficient (Wildman–Crippen LogP) is 1.48. The van der Waals surface area contributed by atoms with Crippen molar-refractivity contribution in [2.24, 2.45) is 0 Å². The topological polar surface area (TPSA) is 51.7 Å². The van der Waals surface area contributed by atoms with Gasteiger partial charge in [0.05, 0.1) is 18.3 Å². The van der Waals surface area contributed by atoms with Crippen molar-refractivity contribution in [3.05, 3.63) is 23.9 Å². The van der Waals surface area contributed by atoms with Gasteiger partial charge >= 0.3 is 5.97 Å². The molecule has 1 aliphatic rings. The summed E-state index contributed by atoms with van der Waals surface area (Å²) in [6.45, 7) is 3.95. The molecule has 5 nitrogen and oxygen atoms in total. The fourth-order valence-electron chi connectivity index (χ4n) is 2.04. The van der Waals surface area contributed by atoms with E-state index in [0.717, 1.165) is 25.3 Å². The number of pyridine rings is 1. The maximum absolute atomic E-state index is 11.5. The molecule has 5 heteroatoms. The van der Waals surface area contributed by atoms with Crippen LogP contribution in [0.25, 0.3) is 0 Å². The lowest BCUT2D eigenvalue weighted by atomic mass is 10.3. The fraction of sp³-hybridized carbons (Fsp3) is 0.538. The van der Waals surface area contributed by atoms with E-state index in [9.17, 15) is 4.79 Å². The zero-order valence-corrected chi connectivity index (χ0v) is 10.8. The highest BCUT2D eigenvalue weighted by atomic mass is 16.5. The van der Waals surface area contributed by atoms with E-state index < -0.39 is 0 Å². The number of carbonyl (C=O) groups excluding carboxylic acids is 1. The molecule has 1 fully saturated rings. The Morgan fingerprint density at radius 3 is 2.94 bits per heavy atom. The minimum absolute atomic E-state index is 0.275. The van der Waals surface area contributed by atoms with Gasteiger partial charge in [-0.15, -0.1) is 0 Å². The molecule has 2 heterocycles. The van der Waals surface area contributed by atoms with E-state index in [0.29, 0.717) is 12.2 Å². The van der Waals surface area contributed by atoms with Crippen LogP contribution in [0.3, 0.4) is 0 Å². The molecule has 18 heavy (non-hydrogen) atoms. The molecule has 0 amide bonds. The lowest BCUT2D eigenvalue weighted by Crippen LogP contribution is -2.23. The fourth-order valence-corrected chi connectivity index (χ4v) is 2.04. The van der Waals surface area contributed by atoms with Crippen LogP contribution in [0.1, 0.15) is 23.7 Å². The van der Waals surface area contributed by atoms with E-state index in [2.05, 4.69) is 9.88 Å². The minimum Gasteiger partial charge on any atom is -0.462 e. The Balaban J connectivity index is 2.02. The van der Waals surface area contributed by atoms with Gasteiger partial charge in [0.2, 0.25) is 0 Å². The number of aromatic nitrogens is 1. The average molecular weight is 250 g/mol. The first kappa shape index (κ1) is 12.8. The molecule has 1 aliphatic heterocycles. The standard InChI is InChI=1S/C13H18N2O3/c1-3-18-13(16)10-4-5-12(14-8-10)15-7-6-11(9-15)17-2/h4-5,8,11H,3,6-7,9H2,1-2H3. The first-order valence-corrected chi connectivity index (χ1v) is 6.15. The van der Waals surface area contributed by atoms with Crippen LogP contribution in [0.2, 0.25) is 0 Å². The molecule has 0 N–H and O–H groups in total. The van der Waals surface area contributed by atoms with Crippen molar-refractivity contribution in [2.75, 3.05) is 31.7 Å². The molecule has 0 aliphatic carbocycles. The van der Waals surface area contributed by atoms with Crippen LogP contribution in [0.4, 0.5) is 5.82 Å². The quantitative estimate of drug-likeness (QED) is 0.758. The van der Waals surface area contributed by atoms with Gasteiger partial charge in [0.25, 0.3) is 0 Å². The lowest BCUT2D eigenvalue weighted by molar-refractivity contribution is 0.0526. The van der Waals surface area contributed by atoms with Gasteiger partial charge in [0.15, 0.2) is 0 Å². The van der Waals surface area contributed by atoms with Gasteiger partial charge in [-0.3, -0.25) is 0 Å². The number of nitrogens with zero attached hydrogens (tertiary/aromatic N) is 2. The van der Waals surface area contributed by atoms with Gasteiger partial charge in [0.1, 0.15) is 5.82 Å². The zero-order chi connectivity index (χ0) is 13.0. The third kappa shape index (κ3) is 2.79. The molecule has 1 saturated heterocycles. The summed E-state index contributed by atoms with van der Waals surface area (Å²) >= 11 is 0. The summed E-state index contributed by atoms with van der Waals surface area (Å²) in [7, 11) is 1.73. The molecule has 1 aromatic heterocycles. The van der Waals surface area contributed by atoms with Crippen molar-refractivity contribution < 1.29 is 14.3 Å². The summed E-state index contributed by atoms with van der Waals surface area (Å²) in [5, 5.41) is 0. The van der Waals surface area contributed by atoms with Crippen molar-refractivity contribution in [3.63, 3.8) is 0 Å². The number of esters is 1. The third-order valence-corrected chi connectivity index (χ3v) is 3.06. The second kappa shape index (κ2) is 5.82. The van der Waals surface area contributed by atoms with Crippen LogP contribution in [0.5, 0.6) is 0 Å². The third-order valence-electron chi connectivity index (χ3n) is 3.06. The number of methoxy groups -OCH3 is 1. The van der Waals surface area contributed by atoms with E-state index in [1.807, 2.05) is 6.07 Å². The lowest BCUT2D eigenvalue weighted by Gasteiger charge is -2.17. The van der Waals surface area contributed by atoms with Crippen LogP contribution in [0.15, 0.2) is 18.3 Å². The van der Waals surface area contributed by atoms with Crippen LogP contribution in [-0.4, -0.2) is 43.9 Å². The summed E-state index contributed by atoms with van der Waals surface area (Å²) in [5.74, 6) is 0.551. The van der Waals surface area contributed by atoms with Gasteiger partial charge in [-0.2, -0.15) is 0 Å². The van der Waals surface area contributed by atoms with Crippen molar-refractivity contribution >= 4 is 11.8 Å².